The molecular weight excluding hydrogens is 308 g/mol. The van der Waals surface area contributed by atoms with E-state index >= 15 is 0 Å². The van der Waals surface area contributed by atoms with Crippen molar-refractivity contribution in [3.8, 4) is 11.3 Å². The molecular formula is C17H16N4O3. The van der Waals surface area contributed by atoms with E-state index in [4.69, 9.17) is 4.42 Å². The highest BCUT2D eigenvalue weighted by atomic mass is 16.4. The maximum Gasteiger partial charge on any atom is 0.332 e. The smallest absolute Gasteiger partial charge is 0.332 e. The summed E-state index contributed by atoms with van der Waals surface area (Å²) >= 11 is 0. The fourth-order valence-corrected chi connectivity index (χ4v) is 3.08. The van der Waals surface area contributed by atoms with Crippen LogP contribution in [0, 0.1) is 0 Å². The number of imidazole rings is 1. The van der Waals surface area contributed by atoms with Gasteiger partial charge in [-0.05, 0) is 6.42 Å². The Balaban J connectivity index is 2.20. The summed E-state index contributed by atoms with van der Waals surface area (Å²) in [5, 5.41) is 0. The molecule has 0 saturated heterocycles. The Labute approximate surface area is 136 Å². The highest BCUT2D eigenvalue weighted by Gasteiger charge is 2.23. The van der Waals surface area contributed by atoms with Crippen molar-refractivity contribution in [3.63, 3.8) is 0 Å². The molecule has 0 N–H and O–H groups in total. The quantitative estimate of drug-likeness (QED) is 0.562. The number of rotatable bonds is 2. The molecule has 0 saturated carbocycles. The number of aryl methyl sites for hydroxylation is 2. The normalized spacial score (nSPS) is 11.6. The van der Waals surface area contributed by atoms with Crippen molar-refractivity contribution in [2.24, 2.45) is 14.1 Å². The average molecular weight is 324 g/mol. The van der Waals surface area contributed by atoms with Crippen LogP contribution in [0.5, 0.6) is 0 Å². The number of aromatic nitrogens is 4. The van der Waals surface area contributed by atoms with E-state index in [1.165, 1.54) is 11.6 Å². The van der Waals surface area contributed by atoms with E-state index < -0.39 is 5.69 Å². The molecule has 3 heterocycles. The number of oxazole rings is 1. The van der Waals surface area contributed by atoms with Gasteiger partial charge in [-0.3, -0.25) is 18.3 Å². The van der Waals surface area contributed by atoms with Crippen LogP contribution in [0.3, 0.4) is 0 Å². The predicted octanol–water partition coefficient (Wildman–Crippen LogP) is 1.71. The van der Waals surface area contributed by atoms with Gasteiger partial charge in [-0.15, -0.1) is 0 Å². The number of hydrogen-bond acceptors (Lipinski definition) is 4. The highest BCUT2D eigenvalue weighted by Crippen LogP contribution is 2.29. The van der Waals surface area contributed by atoms with E-state index in [1.54, 1.807) is 11.4 Å². The lowest BCUT2D eigenvalue weighted by Gasteiger charge is -2.04. The molecule has 0 radical (unpaired) electrons. The van der Waals surface area contributed by atoms with E-state index in [9.17, 15) is 9.59 Å². The summed E-state index contributed by atoms with van der Waals surface area (Å²) in [6.07, 6.45) is 0.661. The standard InChI is InChI=1S/C17H16N4O3/c1-4-11-13(10-8-6-5-7-9-10)24-16-18-14-12(21(11)16)15(22)20(3)17(23)19(14)2/h5-9H,4H2,1-3H3. The molecule has 1 aromatic carbocycles. The fourth-order valence-electron chi connectivity index (χ4n) is 3.08. The summed E-state index contributed by atoms with van der Waals surface area (Å²) in [7, 11) is 3.06. The molecule has 24 heavy (non-hydrogen) atoms. The first-order chi connectivity index (χ1) is 11.5. The molecule has 7 nitrogen and oxygen atoms in total. The minimum atomic E-state index is -0.408. The molecule has 0 fully saturated rings. The SMILES string of the molecule is CCc1c(-c2ccccc2)oc2nc3c(c(=O)n(C)c(=O)n3C)n12. The van der Waals surface area contributed by atoms with Crippen LogP contribution in [0.4, 0.5) is 0 Å². The summed E-state index contributed by atoms with van der Waals surface area (Å²) < 4.78 is 10.1. The second-order valence-corrected chi connectivity index (χ2v) is 5.71. The van der Waals surface area contributed by atoms with Gasteiger partial charge in [0.2, 0.25) is 0 Å². The van der Waals surface area contributed by atoms with Gasteiger partial charge in [-0.1, -0.05) is 37.3 Å². The van der Waals surface area contributed by atoms with Crippen molar-refractivity contribution in [1.29, 1.82) is 0 Å². The van der Waals surface area contributed by atoms with Crippen molar-refractivity contribution in [1.82, 2.24) is 18.5 Å². The van der Waals surface area contributed by atoms with Crippen molar-refractivity contribution in [2.75, 3.05) is 0 Å². The summed E-state index contributed by atoms with van der Waals surface area (Å²) in [4.78, 5) is 29.1. The molecule has 0 unspecified atom stereocenters. The highest BCUT2D eigenvalue weighted by molar-refractivity contribution is 5.77. The molecule has 0 spiro atoms. The fraction of sp³-hybridized carbons (Fsp3) is 0.235. The minimum absolute atomic E-state index is 0.319. The molecule has 4 rings (SSSR count). The van der Waals surface area contributed by atoms with E-state index in [-0.39, 0.29) is 5.56 Å². The van der Waals surface area contributed by atoms with Gasteiger partial charge in [0.15, 0.2) is 16.9 Å². The van der Waals surface area contributed by atoms with Crippen LogP contribution in [-0.2, 0) is 20.5 Å². The van der Waals surface area contributed by atoms with Crippen LogP contribution in [-0.4, -0.2) is 18.5 Å². The third-order valence-electron chi connectivity index (χ3n) is 4.32. The summed E-state index contributed by atoms with van der Waals surface area (Å²) in [6.45, 7) is 2.00. The van der Waals surface area contributed by atoms with Crippen LogP contribution in [0.15, 0.2) is 44.3 Å². The molecule has 0 aliphatic rings. The zero-order valence-electron chi connectivity index (χ0n) is 13.6. The summed E-state index contributed by atoms with van der Waals surface area (Å²) in [5.74, 6) is 1.01. The number of hydrogen-bond donors (Lipinski definition) is 0. The van der Waals surface area contributed by atoms with Crippen molar-refractivity contribution in [3.05, 3.63) is 56.9 Å². The van der Waals surface area contributed by atoms with Crippen molar-refractivity contribution in [2.45, 2.75) is 13.3 Å². The average Bonchev–Trinajstić information content (AvgIpc) is 3.14. The monoisotopic (exact) mass is 324 g/mol. The first-order valence-electron chi connectivity index (χ1n) is 7.69. The van der Waals surface area contributed by atoms with Gasteiger partial charge in [0.05, 0.1) is 5.69 Å². The van der Waals surface area contributed by atoms with Crippen LogP contribution in [0.25, 0.3) is 28.3 Å². The third-order valence-corrected chi connectivity index (χ3v) is 4.32. The molecule has 0 bridgehead atoms. The topological polar surface area (TPSA) is 74.4 Å². The lowest BCUT2D eigenvalue weighted by molar-refractivity contribution is 0.609. The van der Waals surface area contributed by atoms with Gasteiger partial charge < -0.3 is 4.42 Å². The number of fused-ring (bicyclic) bond motifs is 3. The van der Waals surface area contributed by atoms with Crippen LogP contribution in [0.2, 0.25) is 0 Å². The molecule has 0 atom stereocenters. The van der Waals surface area contributed by atoms with Crippen molar-refractivity contribution >= 4 is 17.0 Å². The van der Waals surface area contributed by atoms with E-state index in [2.05, 4.69) is 4.98 Å². The van der Waals surface area contributed by atoms with Gasteiger partial charge in [-0.25, -0.2) is 4.79 Å². The Bertz CT molecular complexity index is 1190. The lowest BCUT2D eigenvalue weighted by atomic mass is 10.1. The third kappa shape index (κ3) is 1.75. The van der Waals surface area contributed by atoms with Gasteiger partial charge >= 0.3 is 11.5 Å². The molecule has 4 aromatic rings. The number of benzene rings is 1. The van der Waals surface area contributed by atoms with Crippen molar-refractivity contribution < 1.29 is 4.42 Å². The Kier molecular flexibility index (Phi) is 2.99. The molecule has 0 amide bonds. The second-order valence-electron chi connectivity index (χ2n) is 5.71. The summed E-state index contributed by atoms with van der Waals surface area (Å²) in [6, 6.07) is 9.70. The van der Waals surface area contributed by atoms with Gasteiger partial charge in [0, 0.05) is 19.7 Å². The largest absolute Gasteiger partial charge is 0.423 e. The lowest BCUT2D eigenvalue weighted by Crippen LogP contribution is -2.37. The predicted molar refractivity (Wildman–Crippen MR) is 90.3 cm³/mol. The van der Waals surface area contributed by atoms with E-state index in [0.717, 1.165) is 15.8 Å². The second kappa shape index (κ2) is 4.95. The van der Waals surface area contributed by atoms with Crippen LogP contribution >= 0.6 is 0 Å². The van der Waals surface area contributed by atoms with Crippen LogP contribution in [0.1, 0.15) is 12.6 Å². The maximum absolute atomic E-state index is 12.6. The van der Waals surface area contributed by atoms with Crippen LogP contribution < -0.4 is 11.2 Å². The van der Waals surface area contributed by atoms with Gasteiger partial charge in [-0.2, -0.15) is 4.98 Å². The minimum Gasteiger partial charge on any atom is -0.423 e. The zero-order valence-corrected chi connectivity index (χ0v) is 13.6. The van der Waals surface area contributed by atoms with Gasteiger partial charge in [0.1, 0.15) is 0 Å². The number of nitrogens with zero attached hydrogens (tertiary/aromatic N) is 4. The van der Waals surface area contributed by atoms with E-state index in [0.29, 0.717) is 29.2 Å². The first kappa shape index (κ1) is 14.5. The Morgan fingerprint density at radius 3 is 2.46 bits per heavy atom. The first-order valence-corrected chi connectivity index (χ1v) is 7.69. The molecule has 0 aliphatic heterocycles. The van der Waals surface area contributed by atoms with E-state index in [1.807, 2.05) is 37.3 Å². The molecule has 0 aliphatic carbocycles. The Hall–Kier alpha value is -3.09. The molecule has 3 aromatic heterocycles. The zero-order chi connectivity index (χ0) is 17.0. The molecule has 7 heteroatoms. The maximum atomic E-state index is 12.6. The Morgan fingerprint density at radius 1 is 1.08 bits per heavy atom. The Morgan fingerprint density at radius 2 is 1.79 bits per heavy atom. The summed E-state index contributed by atoms with van der Waals surface area (Å²) in [5.41, 5.74) is 1.68. The van der Waals surface area contributed by atoms with Gasteiger partial charge in [0.25, 0.3) is 5.56 Å². The molecule has 122 valence electrons.